The van der Waals surface area contributed by atoms with Gasteiger partial charge in [-0.1, -0.05) is 111 Å². The molecule has 4 aromatic carbocycles. The number of rotatable bonds is 6. The van der Waals surface area contributed by atoms with Crippen LogP contribution < -0.4 is 0 Å². The van der Waals surface area contributed by atoms with Gasteiger partial charge in [0.15, 0.2) is 0 Å². The van der Waals surface area contributed by atoms with E-state index >= 15 is 0 Å². The summed E-state index contributed by atoms with van der Waals surface area (Å²) in [6.45, 7) is 15.6. The highest BCUT2D eigenvalue weighted by Gasteiger charge is 2.59. The zero-order chi connectivity index (χ0) is 24.8. The minimum Gasteiger partial charge on any atom is -0.0901 e. The van der Waals surface area contributed by atoms with Crippen LogP contribution >= 0.6 is 23.5 Å². The highest BCUT2D eigenvalue weighted by Crippen LogP contribution is 2.59. The second-order valence-electron chi connectivity index (χ2n) is 11.5. The number of hydrogen-bond acceptors (Lipinski definition) is 2. The van der Waals surface area contributed by atoms with E-state index in [1.807, 2.05) is 23.5 Å². The van der Waals surface area contributed by atoms with Crippen LogP contribution in [0.2, 0.25) is 39.3 Å². The van der Waals surface area contributed by atoms with Gasteiger partial charge in [-0.3, -0.25) is 0 Å². The molecule has 0 heterocycles. The van der Waals surface area contributed by atoms with Crippen molar-refractivity contribution in [3.8, 4) is 11.1 Å². The molecule has 35 heavy (non-hydrogen) atoms. The van der Waals surface area contributed by atoms with E-state index in [2.05, 4.69) is 136 Å². The first-order chi connectivity index (χ1) is 16.6. The van der Waals surface area contributed by atoms with Crippen LogP contribution in [0.15, 0.2) is 117 Å². The lowest BCUT2D eigenvalue weighted by Crippen LogP contribution is -2.63. The topological polar surface area (TPSA) is 0 Å². The first-order valence-corrected chi connectivity index (χ1v) is 21.0. The summed E-state index contributed by atoms with van der Waals surface area (Å²) in [6, 6.07) is 36.1. The molecular weight excluding hydrogens is 493 g/mol. The Kier molecular flexibility index (Phi) is 6.46. The van der Waals surface area contributed by atoms with Gasteiger partial charge in [0.2, 0.25) is 0 Å². The van der Waals surface area contributed by atoms with Crippen LogP contribution in [0.5, 0.6) is 0 Å². The predicted molar refractivity (Wildman–Crippen MR) is 160 cm³/mol. The Labute approximate surface area is 221 Å². The molecule has 0 radical (unpaired) electrons. The fraction of sp³-hybridized carbons (Fsp3) is 0.226. The van der Waals surface area contributed by atoms with E-state index in [1.54, 1.807) is 11.1 Å². The van der Waals surface area contributed by atoms with Crippen LogP contribution in [0.25, 0.3) is 11.1 Å². The second kappa shape index (κ2) is 9.15. The van der Waals surface area contributed by atoms with Crippen LogP contribution in [0.3, 0.4) is 0 Å². The Morgan fingerprint density at radius 1 is 0.457 bits per heavy atom. The van der Waals surface area contributed by atoms with Gasteiger partial charge in [-0.15, -0.1) is 0 Å². The van der Waals surface area contributed by atoms with Crippen molar-refractivity contribution in [1.29, 1.82) is 0 Å². The summed E-state index contributed by atoms with van der Waals surface area (Å²) in [6.07, 6.45) is 0. The molecule has 5 rings (SSSR count). The van der Waals surface area contributed by atoms with Crippen molar-refractivity contribution in [2.45, 2.75) is 63.5 Å². The Hall–Kier alpha value is -1.99. The van der Waals surface area contributed by atoms with E-state index in [0.717, 1.165) is 0 Å². The fourth-order valence-electron chi connectivity index (χ4n) is 6.40. The second-order valence-corrected chi connectivity index (χ2v) is 24.8. The molecule has 4 aromatic rings. The molecule has 0 nitrogen and oxygen atoms in total. The van der Waals surface area contributed by atoms with E-state index < -0.39 is 16.1 Å². The van der Waals surface area contributed by atoms with Crippen LogP contribution in [0.1, 0.15) is 11.1 Å². The van der Waals surface area contributed by atoms with E-state index in [9.17, 15) is 0 Å². The van der Waals surface area contributed by atoms with Crippen LogP contribution in [0.4, 0.5) is 0 Å². The lowest BCUT2D eigenvalue weighted by Gasteiger charge is -2.51. The molecule has 0 amide bonds. The van der Waals surface area contributed by atoms with Gasteiger partial charge in [0, 0.05) is 24.2 Å². The summed E-state index contributed by atoms with van der Waals surface area (Å²) in [5.41, 5.74) is 6.10. The summed E-state index contributed by atoms with van der Waals surface area (Å²) in [4.78, 5) is 5.30. The molecule has 0 saturated heterocycles. The molecule has 1 aliphatic rings. The van der Waals surface area contributed by atoms with Crippen molar-refractivity contribution in [2.75, 3.05) is 0 Å². The maximum absolute atomic E-state index is 2.60. The molecule has 178 valence electrons. The minimum absolute atomic E-state index is 0.158. The largest absolute Gasteiger partial charge is 0.0901 e. The standard InChI is InChI=1S/C31H34S2Si2/c1-34(2,3)31(35(4,5)6)29-21-25(32-23-13-9-7-10-14-23)17-19-27(29)28-20-18-26(22-30(28)31)33-24-15-11-8-12-16-24/h7-22H,1-6H3. The van der Waals surface area contributed by atoms with Gasteiger partial charge < -0.3 is 0 Å². The van der Waals surface area contributed by atoms with E-state index in [0.29, 0.717) is 0 Å². The van der Waals surface area contributed by atoms with Crippen LogP contribution in [0, 0.1) is 0 Å². The average Bonchev–Trinajstić information content (AvgIpc) is 3.10. The molecule has 0 bridgehead atoms. The molecule has 0 unspecified atom stereocenters. The first-order valence-electron chi connectivity index (χ1n) is 12.4. The highest BCUT2D eigenvalue weighted by atomic mass is 32.2. The zero-order valence-electron chi connectivity index (χ0n) is 21.6. The average molecular weight is 527 g/mol. The Morgan fingerprint density at radius 3 is 1.17 bits per heavy atom. The SMILES string of the molecule is C[Si](C)(C)C1([Si](C)(C)C)c2cc(Sc3ccccc3)ccc2-c2ccc(Sc3ccccc3)cc21. The quantitative estimate of drug-likeness (QED) is 0.229. The summed E-state index contributed by atoms with van der Waals surface area (Å²) in [5.74, 6) is 0. The van der Waals surface area contributed by atoms with Gasteiger partial charge in [-0.25, -0.2) is 0 Å². The van der Waals surface area contributed by atoms with Crippen LogP contribution in [-0.4, -0.2) is 16.1 Å². The van der Waals surface area contributed by atoms with Gasteiger partial charge in [0.25, 0.3) is 0 Å². The molecule has 0 aromatic heterocycles. The fourth-order valence-corrected chi connectivity index (χ4v) is 21.2. The van der Waals surface area contributed by atoms with E-state index in [1.165, 1.54) is 30.7 Å². The van der Waals surface area contributed by atoms with Crippen LogP contribution in [-0.2, 0) is 4.66 Å². The molecular formula is C31H34S2Si2. The predicted octanol–water partition coefficient (Wildman–Crippen LogP) is 10.0. The maximum atomic E-state index is 2.60. The normalized spacial score (nSPS) is 14.5. The van der Waals surface area contributed by atoms with Gasteiger partial charge in [0.1, 0.15) is 0 Å². The van der Waals surface area contributed by atoms with E-state index in [-0.39, 0.29) is 4.66 Å². The first kappa shape index (κ1) is 24.7. The van der Waals surface area contributed by atoms with Crippen molar-refractivity contribution < 1.29 is 0 Å². The Balaban J connectivity index is 1.70. The van der Waals surface area contributed by atoms with Crippen molar-refractivity contribution >= 4 is 39.7 Å². The summed E-state index contributed by atoms with van der Waals surface area (Å²) >= 11 is 3.77. The van der Waals surface area contributed by atoms with Crippen molar-refractivity contribution in [1.82, 2.24) is 0 Å². The molecule has 0 atom stereocenters. The zero-order valence-corrected chi connectivity index (χ0v) is 25.2. The molecule has 0 N–H and O–H groups in total. The molecule has 1 aliphatic carbocycles. The summed E-state index contributed by atoms with van der Waals surface area (Å²) < 4.78 is 0.158. The third-order valence-corrected chi connectivity index (χ3v) is 19.4. The van der Waals surface area contributed by atoms with Crippen molar-refractivity contribution in [2.24, 2.45) is 0 Å². The lowest BCUT2D eigenvalue weighted by molar-refractivity contribution is 0.941. The third-order valence-electron chi connectivity index (χ3n) is 7.29. The minimum atomic E-state index is -1.70. The molecule has 0 spiro atoms. The van der Waals surface area contributed by atoms with Gasteiger partial charge in [-0.05, 0) is 70.8 Å². The Bertz CT molecular complexity index is 1240. The smallest absolute Gasteiger partial charge is 0.0579 e. The monoisotopic (exact) mass is 526 g/mol. The number of hydrogen-bond donors (Lipinski definition) is 0. The lowest BCUT2D eigenvalue weighted by atomic mass is 10.1. The Morgan fingerprint density at radius 2 is 0.829 bits per heavy atom. The summed E-state index contributed by atoms with van der Waals surface area (Å²) in [5, 5.41) is 0. The van der Waals surface area contributed by atoms with Gasteiger partial charge in [0.05, 0.1) is 16.1 Å². The summed E-state index contributed by atoms with van der Waals surface area (Å²) in [7, 11) is -3.40. The maximum Gasteiger partial charge on any atom is 0.0579 e. The van der Waals surface area contributed by atoms with Gasteiger partial charge >= 0.3 is 0 Å². The molecule has 0 fully saturated rings. The number of benzene rings is 4. The van der Waals surface area contributed by atoms with E-state index in [4.69, 9.17) is 0 Å². The van der Waals surface area contributed by atoms with Crippen molar-refractivity contribution in [3.63, 3.8) is 0 Å². The van der Waals surface area contributed by atoms with Gasteiger partial charge in [-0.2, -0.15) is 0 Å². The highest BCUT2D eigenvalue weighted by molar-refractivity contribution is 7.99. The number of fused-ring (bicyclic) bond motifs is 3. The molecule has 4 heteroatoms. The third kappa shape index (κ3) is 4.29. The van der Waals surface area contributed by atoms with Crippen molar-refractivity contribution in [3.05, 3.63) is 108 Å². The molecule has 0 saturated carbocycles. The molecule has 0 aliphatic heterocycles.